The van der Waals surface area contributed by atoms with Crippen molar-refractivity contribution in [1.29, 1.82) is 0 Å². The molecule has 0 aromatic carbocycles. The maximum Gasteiger partial charge on any atom is 0.288 e. The molecule has 2 aromatic heterocycles. The molecule has 1 aliphatic rings. The second-order valence-corrected chi connectivity index (χ2v) is 5.78. The molecule has 0 bridgehead atoms. The normalized spacial score (nSPS) is 20.4. The van der Waals surface area contributed by atoms with E-state index in [1.54, 1.807) is 27.3 Å². The third-order valence-electron chi connectivity index (χ3n) is 4.14. The molecule has 2 atom stereocenters. The number of carbonyl (C=O) groups excluding carboxylic acids is 1. The first-order valence-corrected chi connectivity index (χ1v) is 7.79. The number of aromatic nitrogens is 5. The maximum absolute atomic E-state index is 12.3. The Labute approximate surface area is 140 Å². The highest BCUT2D eigenvalue weighted by Gasteiger charge is 2.33. The van der Waals surface area contributed by atoms with E-state index in [0.717, 1.165) is 18.8 Å². The number of nitrogens with zero attached hydrogens (tertiary/aromatic N) is 6. The number of nitrogens with one attached hydrogen (secondary N) is 1. The lowest BCUT2D eigenvalue weighted by atomic mass is 10.2. The molecule has 2 aromatic rings. The summed E-state index contributed by atoms with van der Waals surface area (Å²) in [5.74, 6) is 1.48. The minimum Gasteiger partial charge on any atom is -0.380 e. The monoisotopic (exact) mass is 331 g/mol. The lowest BCUT2D eigenvalue weighted by molar-refractivity contribution is 0.0932. The van der Waals surface area contributed by atoms with Gasteiger partial charge >= 0.3 is 0 Å². The van der Waals surface area contributed by atoms with Gasteiger partial charge < -0.3 is 15.0 Å². The van der Waals surface area contributed by atoms with Crippen molar-refractivity contribution in [2.24, 2.45) is 7.05 Å². The fraction of sp³-hybridized carbons (Fsp3) is 0.533. The first-order chi connectivity index (χ1) is 11.6. The second-order valence-electron chi connectivity index (χ2n) is 5.78. The number of amides is 1. The molecule has 3 rings (SSSR count). The molecular weight excluding hydrogens is 310 g/mol. The quantitative estimate of drug-likeness (QED) is 0.819. The van der Waals surface area contributed by atoms with Crippen LogP contribution in [-0.2, 0) is 11.8 Å². The second kappa shape index (κ2) is 6.91. The summed E-state index contributed by atoms with van der Waals surface area (Å²) in [4.78, 5) is 26.9. The lowest BCUT2D eigenvalue weighted by Gasteiger charge is -2.25. The van der Waals surface area contributed by atoms with Crippen molar-refractivity contribution in [2.75, 3.05) is 25.1 Å². The van der Waals surface area contributed by atoms with Gasteiger partial charge in [0, 0.05) is 33.4 Å². The molecule has 9 nitrogen and oxygen atoms in total. The number of anilines is 1. The van der Waals surface area contributed by atoms with E-state index in [-0.39, 0.29) is 18.1 Å². The highest BCUT2D eigenvalue weighted by molar-refractivity contribution is 5.90. The van der Waals surface area contributed by atoms with Crippen LogP contribution in [0, 0.1) is 6.92 Å². The van der Waals surface area contributed by atoms with Gasteiger partial charge in [0.15, 0.2) is 0 Å². The minimum atomic E-state index is -0.235. The summed E-state index contributed by atoms with van der Waals surface area (Å²) in [6, 6.07) is 1.96. The standard InChI is InChI=1S/C15H21N7O2/c1-10-19-14(21(2)20-10)15(23)17-7-11-6-12(24-3)8-22(11)13-4-5-16-9-18-13/h4-5,9,11-12H,6-8H2,1-3H3,(H,17,23)/t11-,12-/m1/s1. The topological polar surface area (TPSA) is 98.1 Å². The summed E-state index contributed by atoms with van der Waals surface area (Å²) in [5.41, 5.74) is 0. The third-order valence-corrected chi connectivity index (χ3v) is 4.14. The molecule has 0 aliphatic carbocycles. The summed E-state index contributed by atoms with van der Waals surface area (Å²) in [6.45, 7) is 2.97. The number of aryl methyl sites for hydroxylation is 2. The SMILES string of the molecule is CO[C@@H]1C[C@H](CNC(=O)c2nc(C)nn2C)N(c2ccncn2)C1. The van der Waals surface area contributed by atoms with Crippen LogP contribution >= 0.6 is 0 Å². The van der Waals surface area contributed by atoms with Crippen LogP contribution in [0.3, 0.4) is 0 Å². The summed E-state index contributed by atoms with van der Waals surface area (Å²) in [7, 11) is 3.41. The van der Waals surface area contributed by atoms with Crippen molar-refractivity contribution in [3.05, 3.63) is 30.2 Å². The Balaban J connectivity index is 1.68. The van der Waals surface area contributed by atoms with Crippen LogP contribution in [0.15, 0.2) is 18.6 Å². The Morgan fingerprint density at radius 2 is 2.33 bits per heavy atom. The molecule has 0 unspecified atom stereocenters. The van der Waals surface area contributed by atoms with Crippen LogP contribution in [0.25, 0.3) is 0 Å². The zero-order valence-corrected chi connectivity index (χ0v) is 14.0. The average Bonchev–Trinajstić information content (AvgIpc) is 3.16. The van der Waals surface area contributed by atoms with Gasteiger partial charge in [-0.05, 0) is 19.4 Å². The van der Waals surface area contributed by atoms with E-state index in [2.05, 4.69) is 30.3 Å². The van der Waals surface area contributed by atoms with Gasteiger partial charge in [-0.25, -0.2) is 19.6 Å². The number of ether oxygens (including phenoxy) is 1. The van der Waals surface area contributed by atoms with E-state index in [0.29, 0.717) is 18.2 Å². The van der Waals surface area contributed by atoms with Crippen molar-refractivity contribution in [3.8, 4) is 0 Å². The van der Waals surface area contributed by atoms with Gasteiger partial charge in [-0.1, -0.05) is 0 Å². The molecule has 1 fully saturated rings. The average molecular weight is 331 g/mol. The number of hydrogen-bond acceptors (Lipinski definition) is 7. The van der Waals surface area contributed by atoms with Gasteiger partial charge in [0.05, 0.1) is 12.1 Å². The van der Waals surface area contributed by atoms with Crippen LogP contribution in [0.4, 0.5) is 5.82 Å². The smallest absolute Gasteiger partial charge is 0.288 e. The maximum atomic E-state index is 12.3. The molecule has 1 saturated heterocycles. The molecule has 1 aliphatic heterocycles. The van der Waals surface area contributed by atoms with Gasteiger partial charge in [0.2, 0.25) is 5.82 Å². The van der Waals surface area contributed by atoms with Crippen LogP contribution in [-0.4, -0.2) is 63.0 Å². The van der Waals surface area contributed by atoms with Crippen molar-refractivity contribution >= 4 is 11.7 Å². The largest absolute Gasteiger partial charge is 0.380 e. The van der Waals surface area contributed by atoms with E-state index < -0.39 is 0 Å². The van der Waals surface area contributed by atoms with Gasteiger partial charge in [-0.3, -0.25) is 4.79 Å². The van der Waals surface area contributed by atoms with Crippen molar-refractivity contribution in [3.63, 3.8) is 0 Å². The zero-order chi connectivity index (χ0) is 17.1. The number of rotatable bonds is 5. The molecule has 0 saturated carbocycles. The predicted molar refractivity (Wildman–Crippen MR) is 86.7 cm³/mol. The fourth-order valence-electron chi connectivity index (χ4n) is 2.97. The third kappa shape index (κ3) is 3.35. The van der Waals surface area contributed by atoms with E-state index in [4.69, 9.17) is 4.74 Å². The first-order valence-electron chi connectivity index (χ1n) is 7.79. The van der Waals surface area contributed by atoms with Crippen LogP contribution in [0.1, 0.15) is 22.9 Å². The van der Waals surface area contributed by atoms with Crippen molar-refractivity contribution in [2.45, 2.75) is 25.5 Å². The molecule has 1 amide bonds. The van der Waals surface area contributed by atoms with Crippen LogP contribution in [0.5, 0.6) is 0 Å². The van der Waals surface area contributed by atoms with E-state index in [1.165, 1.54) is 11.0 Å². The number of hydrogen-bond donors (Lipinski definition) is 1. The molecule has 1 N–H and O–H groups in total. The Hall–Kier alpha value is -2.55. The summed E-state index contributed by atoms with van der Waals surface area (Å²) < 4.78 is 6.97. The minimum absolute atomic E-state index is 0.100. The van der Waals surface area contributed by atoms with Gasteiger partial charge in [0.1, 0.15) is 18.0 Å². The molecule has 24 heavy (non-hydrogen) atoms. The zero-order valence-electron chi connectivity index (χ0n) is 14.0. The molecule has 0 radical (unpaired) electrons. The Morgan fingerprint density at radius 1 is 1.50 bits per heavy atom. The summed E-state index contributed by atoms with van der Waals surface area (Å²) >= 11 is 0. The number of carbonyl (C=O) groups is 1. The highest BCUT2D eigenvalue weighted by atomic mass is 16.5. The summed E-state index contributed by atoms with van der Waals surface area (Å²) in [5, 5.41) is 7.03. The molecule has 128 valence electrons. The van der Waals surface area contributed by atoms with Crippen molar-refractivity contribution < 1.29 is 9.53 Å². The molecular formula is C15H21N7O2. The first kappa shape index (κ1) is 16.3. The molecule has 3 heterocycles. The molecule has 0 spiro atoms. The van der Waals surface area contributed by atoms with Gasteiger partial charge in [-0.15, -0.1) is 0 Å². The van der Waals surface area contributed by atoms with E-state index in [9.17, 15) is 4.79 Å². The Kier molecular flexibility index (Phi) is 4.70. The number of methoxy groups -OCH3 is 1. The predicted octanol–water partition coefficient (Wildman–Crippen LogP) is -0.0628. The Morgan fingerprint density at radius 3 is 2.96 bits per heavy atom. The van der Waals surface area contributed by atoms with Crippen LogP contribution < -0.4 is 10.2 Å². The van der Waals surface area contributed by atoms with Crippen LogP contribution in [0.2, 0.25) is 0 Å². The fourth-order valence-corrected chi connectivity index (χ4v) is 2.97. The Bertz CT molecular complexity index is 703. The van der Waals surface area contributed by atoms with Crippen molar-refractivity contribution in [1.82, 2.24) is 30.0 Å². The van der Waals surface area contributed by atoms with Gasteiger partial charge in [-0.2, -0.15) is 5.10 Å². The molecule has 9 heteroatoms. The lowest BCUT2D eigenvalue weighted by Crippen LogP contribution is -2.41. The highest BCUT2D eigenvalue weighted by Crippen LogP contribution is 2.24. The van der Waals surface area contributed by atoms with E-state index >= 15 is 0 Å². The summed E-state index contributed by atoms with van der Waals surface area (Å²) in [6.07, 6.45) is 4.16. The van der Waals surface area contributed by atoms with E-state index in [1.807, 2.05) is 6.07 Å². The van der Waals surface area contributed by atoms with Gasteiger partial charge in [0.25, 0.3) is 5.91 Å².